The number of hydrogen-bond donors (Lipinski definition) is 0. The lowest BCUT2D eigenvalue weighted by Crippen LogP contribution is -2.33. The Morgan fingerprint density at radius 1 is 0.743 bits per heavy atom. The van der Waals surface area contributed by atoms with Gasteiger partial charge in [0.15, 0.2) is 0 Å². The van der Waals surface area contributed by atoms with E-state index >= 15 is 0 Å². The highest BCUT2D eigenvalue weighted by molar-refractivity contribution is 6.24. The highest BCUT2D eigenvalue weighted by Gasteiger charge is 2.62. The van der Waals surface area contributed by atoms with Gasteiger partial charge in [-0.3, -0.25) is 9.59 Å². The van der Waals surface area contributed by atoms with Crippen LogP contribution in [0.3, 0.4) is 0 Å². The van der Waals surface area contributed by atoms with E-state index in [0.717, 1.165) is 22.3 Å². The van der Waals surface area contributed by atoms with E-state index in [9.17, 15) is 14.9 Å². The SMILES string of the molecule is Cc1ccc(C(=C2C3C=CC2C2C(=O)N(c4ccccc4C#N)C(=O)C32)c2ccc(C)cc2)cc1. The Labute approximate surface area is 204 Å². The van der Waals surface area contributed by atoms with E-state index in [4.69, 9.17) is 0 Å². The summed E-state index contributed by atoms with van der Waals surface area (Å²) in [4.78, 5) is 28.7. The number of carbonyl (C=O) groups is 2. The molecule has 2 fully saturated rings. The second kappa shape index (κ2) is 7.92. The van der Waals surface area contributed by atoms with Crippen LogP contribution >= 0.6 is 0 Å². The molecular formula is C31H24N2O2. The maximum absolute atomic E-state index is 13.7. The van der Waals surface area contributed by atoms with Crippen LogP contribution < -0.4 is 4.90 Å². The maximum Gasteiger partial charge on any atom is 0.238 e. The molecule has 0 radical (unpaired) electrons. The van der Waals surface area contributed by atoms with E-state index in [1.807, 2.05) is 0 Å². The summed E-state index contributed by atoms with van der Waals surface area (Å²) in [7, 11) is 0. The number of amides is 2. The molecule has 2 bridgehead atoms. The zero-order valence-electron chi connectivity index (χ0n) is 19.6. The first-order chi connectivity index (χ1) is 17.0. The largest absolute Gasteiger partial charge is 0.274 e. The molecule has 2 aliphatic carbocycles. The molecule has 4 unspecified atom stereocenters. The molecule has 4 nitrogen and oxygen atoms in total. The molecule has 3 aromatic carbocycles. The molecule has 3 aromatic rings. The number of imide groups is 1. The Kier molecular flexibility index (Phi) is 4.82. The topological polar surface area (TPSA) is 61.2 Å². The highest BCUT2D eigenvalue weighted by atomic mass is 16.2. The molecule has 1 saturated carbocycles. The average molecular weight is 457 g/mol. The van der Waals surface area contributed by atoms with Gasteiger partial charge in [0, 0.05) is 11.8 Å². The third kappa shape index (κ3) is 3.12. The van der Waals surface area contributed by atoms with Crippen LogP contribution in [0, 0.1) is 48.9 Å². The van der Waals surface area contributed by atoms with Gasteiger partial charge in [0.25, 0.3) is 0 Å². The normalized spacial score (nSPS) is 24.1. The summed E-state index contributed by atoms with van der Waals surface area (Å²) < 4.78 is 0. The monoisotopic (exact) mass is 456 g/mol. The minimum absolute atomic E-state index is 0.140. The molecule has 1 heterocycles. The van der Waals surface area contributed by atoms with Gasteiger partial charge < -0.3 is 0 Å². The molecule has 4 heteroatoms. The minimum atomic E-state index is -0.440. The van der Waals surface area contributed by atoms with Crippen molar-refractivity contribution in [2.45, 2.75) is 13.8 Å². The first-order valence-corrected chi connectivity index (χ1v) is 11.9. The molecular weight excluding hydrogens is 432 g/mol. The lowest BCUT2D eigenvalue weighted by atomic mass is 9.85. The summed E-state index contributed by atoms with van der Waals surface area (Å²) in [5, 5.41) is 9.56. The molecule has 1 aliphatic heterocycles. The van der Waals surface area contributed by atoms with Crippen LogP contribution in [-0.4, -0.2) is 11.8 Å². The van der Waals surface area contributed by atoms with Gasteiger partial charge >= 0.3 is 0 Å². The van der Waals surface area contributed by atoms with E-state index in [1.165, 1.54) is 16.0 Å². The van der Waals surface area contributed by atoms with Gasteiger partial charge in [-0.1, -0.05) is 83.9 Å². The van der Waals surface area contributed by atoms with Crippen molar-refractivity contribution in [2.24, 2.45) is 23.7 Å². The van der Waals surface area contributed by atoms with Gasteiger partial charge in [-0.2, -0.15) is 5.26 Å². The van der Waals surface area contributed by atoms with Crippen LogP contribution in [0.1, 0.15) is 27.8 Å². The molecule has 2 amide bonds. The number of carbonyl (C=O) groups excluding carboxylic acids is 2. The molecule has 35 heavy (non-hydrogen) atoms. The molecule has 0 aromatic heterocycles. The van der Waals surface area contributed by atoms with Crippen LogP contribution in [0.5, 0.6) is 0 Å². The summed E-state index contributed by atoms with van der Waals surface area (Å²) >= 11 is 0. The van der Waals surface area contributed by atoms with Crippen LogP contribution in [0.25, 0.3) is 5.57 Å². The Hall–Kier alpha value is -4.23. The van der Waals surface area contributed by atoms with Crippen molar-refractivity contribution in [3.05, 3.63) is 118 Å². The highest BCUT2D eigenvalue weighted by Crippen LogP contribution is 2.59. The van der Waals surface area contributed by atoms with E-state index in [1.54, 1.807) is 24.3 Å². The molecule has 6 rings (SSSR count). The standard InChI is InChI=1S/C31H24N2O2/c1-18-7-11-20(12-8-18)26(21-13-9-19(2)10-14-21)27-23-15-16-24(27)29-28(23)30(34)33(31(29)35)25-6-4-3-5-22(25)17-32/h3-16,23-24,28-29H,1-2H3. The van der Waals surface area contributed by atoms with Crippen LogP contribution in [0.4, 0.5) is 5.69 Å². The second-order valence-electron chi connectivity index (χ2n) is 9.69. The Bertz CT molecular complexity index is 1390. The van der Waals surface area contributed by atoms with E-state index < -0.39 is 11.8 Å². The fraction of sp³-hybridized carbons (Fsp3) is 0.194. The maximum atomic E-state index is 13.7. The number of anilines is 1. The Balaban J connectivity index is 1.50. The summed E-state index contributed by atoms with van der Waals surface area (Å²) in [6, 6.07) is 25.9. The smallest absolute Gasteiger partial charge is 0.238 e. The number of allylic oxidation sites excluding steroid dienone is 3. The molecule has 3 aliphatic rings. The number of hydrogen-bond acceptors (Lipinski definition) is 3. The Morgan fingerprint density at radius 3 is 1.71 bits per heavy atom. The first kappa shape index (κ1) is 21.3. The second-order valence-corrected chi connectivity index (χ2v) is 9.69. The van der Waals surface area contributed by atoms with Crippen molar-refractivity contribution in [3.8, 4) is 6.07 Å². The van der Waals surface area contributed by atoms with Gasteiger partial charge in [-0.15, -0.1) is 0 Å². The number of nitrogens with zero attached hydrogens (tertiary/aromatic N) is 2. The summed E-state index contributed by atoms with van der Waals surface area (Å²) in [6.45, 7) is 4.14. The van der Waals surface area contributed by atoms with Crippen molar-refractivity contribution >= 4 is 23.1 Å². The third-order valence-corrected chi connectivity index (χ3v) is 7.65. The number of fused-ring (bicyclic) bond motifs is 5. The number of benzene rings is 3. The third-order valence-electron chi connectivity index (χ3n) is 7.65. The fourth-order valence-electron chi connectivity index (χ4n) is 6.04. The zero-order valence-corrected chi connectivity index (χ0v) is 19.6. The van der Waals surface area contributed by atoms with Crippen molar-refractivity contribution < 1.29 is 9.59 Å². The summed E-state index contributed by atoms with van der Waals surface area (Å²) in [5.74, 6) is -1.57. The van der Waals surface area contributed by atoms with Crippen molar-refractivity contribution in [3.63, 3.8) is 0 Å². The fourth-order valence-corrected chi connectivity index (χ4v) is 6.04. The van der Waals surface area contributed by atoms with Crippen LogP contribution in [-0.2, 0) is 9.59 Å². The van der Waals surface area contributed by atoms with Gasteiger partial charge in [0.2, 0.25) is 11.8 Å². The number of aryl methyl sites for hydroxylation is 2. The number of nitriles is 1. The van der Waals surface area contributed by atoms with Crippen molar-refractivity contribution in [1.29, 1.82) is 5.26 Å². The van der Waals surface area contributed by atoms with Gasteiger partial charge in [-0.05, 0) is 48.3 Å². The lowest BCUT2D eigenvalue weighted by molar-refractivity contribution is -0.122. The summed E-state index contributed by atoms with van der Waals surface area (Å²) in [6.07, 6.45) is 4.21. The predicted octanol–water partition coefficient (Wildman–Crippen LogP) is 5.60. The predicted molar refractivity (Wildman–Crippen MR) is 135 cm³/mol. The quantitative estimate of drug-likeness (QED) is 0.381. The van der Waals surface area contributed by atoms with E-state index in [0.29, 0.717) is 11.3 Å². The molecule has 4 atom stereocenters. The Morgan fingerprint density at radius 2 is 1.23 bits per heavy atom. The zero-order chi connectivity index (χ0) is 24.3. The van der Waals surface area contributed by atoms with Crippen LogP contribution in [0.15, 0.2) is 90.5 Å². The number of para-hydroxylation sites is 1. The molecule has 0 spiro atoms. The van der Waals surface area contributed by atoms with Crippen molar-refractivity contribution in [1.82, 2.24) is 0 Å². The van der Waals surface area contributed by atoms with Gasteiger partial charge in [-0.25, -0.2) is 4.90 Å². The number of rotatable bonds is 3. The van der Waals surface area contributed by atoms with E-state index in [2.05, 4.69) is 80.6 Å². The van der Waals surface area contributed by atoms with Gasteiger partial charge in [0.1, 0.15) is 6.07 Å². The molecule has 0 N–H and O–H groups in total. The van der Waals surface area contributed by atoms with E-state index in [-0.39, 0.29) is 23.7 Å². The average Bonchev–Trinajstić information content (AvgIpc) is 3.50. The minimum Gasteiger partial charge on any atom is -0.274 e. The lowest BCUT2D eigenvalue weighted by Gasteiger charge is -2.22. The first-order valence-electron chi connectivity index (χ1n) is 11.9. The molecule has 1 saturated heterocycles. The van der Waals surface area contributed by atoms with Gasteiger partial charge in [0.05, 0.1) is 23.1 Å². The summed E-state index contributed by atoms with van der Waals surface area (Å²) in [5.41, 5.74) is 7.56. The molecule has 170 valence electrons. The van der Waals surface area contributed by atoms with Crippen molar-refractivity contribution in [2.75, 3.05) is 4.90 Å². The van der Waals surface area contributed by atoms with Crippen LogP contribution in [0.2, 0.25) is 0 Å².